The second-order valence-corrected chi connectivity index (χ2v) is 2.16. The van der Waals surface area contributed by atoms with E-state index in [2.05, 4.69) is 0 Å². The molecule has 0 aromatic heterocycles. The highest BCUT2D eigenvalue weighted by Gasteiger charge is 1.93. The number of hydrogen-bond acceptors (Lipinski definition) is 1. The van der Waals surface area contributed by atoms with Gasteiger partial charge in [-0.1, -0.05) is 13.8 Å². The largest absolute Gasteiger partial charge is 0.497 e. The van der Waals surface area contributed by atoms with Crippen LogP contribution in [0.4, 0.5) is 4.39 Å². The summed E-state index contributed by atoms with van der Waals surface area (Å²) in [6.45, 7) is 3.75. The molecule has 0 fully saturated rings. The molecule has 0 radical (unpaired) electrons. The molecule has 0 saturated heterocycles. The van der Waals surface area contributed by atoms with Gasteiger partial charge in [0.15, 0.2) is 0 Å². The highest BCUT2D eigenvalue weighted by Crippen LogP contribution is 2.08. The number of methoxy groups -OCH3 is 1. The number of ether oxygens (including phenoxy) is 1. The van der Waals surface area contributed by atoms with Gasteiger partial charge < -0.3 is 4.74 Å². The Kier molecular flexibility index (Phi) is 5.53. The molecule has 0 N–H and O–H groups in total. The van der Waals surface area contributed by atoms with Crippen LogP contribution in [0.15, 0.2) is 23.7 Å². The lowest BCUT2D eigenvalue weighted by Gasteiger charge is -1.99. The first-order valence-electron chi connectivity index (χ1n) is 3.84. The van der Waals surface area contributed by atoms with Crippen LogP contribution < -0.4 is 0 Å². The molecule has 0 bridgehead atoms. The summed E-state index contributed by atoms with van der Waals surface area (Å²) in [5.74, 6) is 0.457. The van der Waals surface area contributed by atoms with Crippen molar-refractivity contribution in [3.63, 3.8) is 0 Å². The Balaban J connectivity index is 4.17. The van der Waals surface area contributed by atoms with Crippen molar-refractivity contribution in [3.8, 4) is 0 Å². The standard InChI is InChI=1S/C9H15FO/c1-4-6-9(11-3)7-8(10)5-2/h6-7H,4-5H2,1-3H3/b8-7+,9-6+. The summed E-state index contributed by atoms with van der Waals surface area (Å²) in [5.41, 5.74) is 0. The van der Waals surface area contributed by atoms with Gasteiger partial charge >= 0.3 is 0 Å². The predicted octanol–water partition coefficient (Wildman–Crippen LogP) is 3.19. The van der Waals surface area contributed by atoms with Gasteiger partial charge in [-0.2, -0.15) is 0 Å². The summed E-state index contributed by atoms with van der Waals surface area (Å²) in [6.07, 6.45) is 4.54. The smallest absolute Gasteiger partial charge is 0.117 e. The average molecular weight is 158 g/mol. The van der Waals surface area contributed by atoms with Crippen LogP contribution in [-0.4, -0.2) is 7.11 Å². The van der Waals surface area contributed by atoms with Crippen LogP contribution in [0, 0.1) is 0 Å². The van der Waals surface area contributed by atoms with Crippen LogP contribution in [0.2, 0.25) is 0 Å². The first-order valence-corrected chi connectivity index (χ1v) is 3.84. The SMILES string of the molecule is CC/C=C(\C=C(\F)CC)OC. The predicted molar refractivity (Wildman–Crippen MR) is 44.9 cm³/mol. The third-order valence-electron chi connectivity index (χ3n) is 1.28. The summed E-state index contributed by atoms with van der Waals surface area (Å²) in [7, 11) is 1.54. The molecule has 1 nitrogen and oxygen atoms in total. The molecule has 64 valence electrons. The molecule has 0 aliphatic rings. The Bertz CT molecular complexity index is 159. The molecule has 0 spiro atoms. The van der Waals surface area contributed by atoms with E-state index >= 15 is 0 Å². The lowest BCUT2D eigenvalue weighted by atomic mass is 10.3. The minimum atomic E-state index is -0.147. The fraction of sp³-hybridized carbons (Fsp3) is 0.556. The zero-order valence-electron chi connectivity index (χ0n) is 7.36. The topological polar surface area (TPSA) is 9.23 Å². The Hall–Kier alpha value is -0.790. The van der Waals surface area contributed by atoms with Gasteiger partial charge in [0.1, 0.15) is 11.6 Å². The van der Waals surface area contributed by atoms with Crippen molar-refractivity contribution in [2.24, 2.45) is 0 Å². The molecule has 11 heavy (non-hydrogen) atoms. The van der Waals surface area contributed by atoms with Crippen LogP contribution in [-0.2, 0) is 4.74 Å². The molecule has 0 saturated carbocycles. The summed E-state index contributed by atoms with van der Waals surface area (Å²) < 4.78 is 17.5. The summed E-state index contributed by atoms with van der Waals surface area (Å²) in [6, 6.07) is 0. The third kappa shape index (κ3) is 4.59. The van der Waals surface area contributed by atoms with E-state index in [0.29, 0.717) is 12.2 Å². The van der Waals surface area contributed by atoms with Gasteiger partial charge in [0.25, 0.3) is 0 Å². The van der Waals surface area contributed by atoms with E-state index in [4.69, 9.17) is 4.74 Å². The Morgan fingerprint density at radius 1 is 1.45 bits per heavy atom. The number of allylic oxidation sites excluding steroid dienone is 3. The highest BCUT2D eigenvalue weighted by molar-refractivity contribution is 5.14. The average Bonchev–Trinajstić information content (AvgIpc) is 2.03. The summed E-state index contributed by atoms with van der Waals surface area (Å²) in [4.78, 5) is 0. The number of rotatable bonds is 4. The molecule has 2 heteroatoms. The van der Waals surface area contributed by atoms with Gasteiger partial charge in [-0.25, -0.2) is 4.39 Å². The zero-order valence-corrected chi connectivity index (χ0v) is 7.36. The van der Waals surface area contributed by atoms with Gasteiger partial charge in [0, 0.05) is 6.08 Å². The van der Waals surface area contributed by atoms with Crippen molar-refractivity contribution in [1.82, 2.24) is 0 Å². The van der Waals surface area contributed by atoms with Crippen molar-refractivity contribution in [2.45, 2.75) is 26.7 Å². The maximum Gasteiger partial charge on any atom is 0.117 e. The van der Waals surface area contributed by atoms with Gasteiger partial charge in [-0.05, 0) is 18.9 Å². The van der Waals surface area contributed by atoms with Crippen LogP contribution in [0.5, 0.6) is 0 Å². The minimum absolute atomic E-state index is 0.147. The van der Waals surface area contributed by atoms with E-state index in [1.807, 2.05) is 13.0 Å². The molecule has 0 aliphatic heterocycles. The Labute approximate surface area is 67.6 Å². The van der Waals surface area contributed by atoms with E-state index in [1.165, 1.54) is 6.08 Å². The molecular formula is C9H15FO. The van der Waals surface area contributed by atoms with E-state index in [-0.39, 0.29) is 5.83 Å². The molecule has 0 heterocycles. The molecular weight excluding hydrogens is 143 g/mol. The molecule has 0 aromatic carbocycles. The highest BCUT2D eigenvalue weighted by atomic mass is 19.1. The van der Waals surface area contributed by atoms with Crippen molar-refractivity contribution < 1.29 is 9.13 Å². The Morgan fingerprint density at radius 2 is 2.09 bits per heavy atom. The molecule has 0 aliphatic carbocycles. The van der Waals surface area contributed by atoms with E-state index in [9.17, 15) is 4.39 Å². The lowest BCUT2D eigenvalue weighted by molar-refractivity contribution is 0.303. The summed E-state index contributed by atoms with van der Waals surface area (Å²) >= 11 is 0. The van der Waals surface area contributed by atoms with Gasteiger partial charge in [-0.3, -0.25) is 0 Å². The second-order valence-electron chi connectivity index (χ2n) is 2.16. The molecule has 0 amide bonds. The molecule has 0 atom stereocenters. The first kappa shape index (κ1) is 10.2. The molecule has 0 aromatic rings. The van der Waals surface area contributed by atoms with Crippen molar-refractivity contribution in [1.29, 1.82) is 0 Å². The van der Waals surface area contributed by atoms with Crippen LogP contribution in [0.1, 0.15) is 26.7 Å². The quantitative estimate of drug-likeness (QED) is 0.451. The first-order chi connectivity index (χ1) is 5.24. The third-order valence-corrected chi connectivity index (χ3v) is 1.28. The summed E-state index contributed by atoms with van der Waals surface area (Å²) in [5, 5.41) is 0. The number of hydrogen-bond donors (Lipinski definition) is 0. The van der Waals surface area contributed by atoms with Gasteiger partial charge in [-0.15, -0.1) is 0 Å². The maximum absolute atomic E-state index is 12.6. The van der Waals surface area contributed by atoms with Crippen molar-refractivity contribution in [3.05, 3.63) is 23.7 Å². The maximum atomic E-state index is 12.6. The van der Waals surface area contributed by atoms with E-state index in [1.54, 1.807) is 14.0 Å². The van der Waals surface area contributed by atoms with E-state index < -0.39 is 0 Å². The van der Waals surface area contributed by atoms with Crippen LogP contribution in [0.25, 0.3) is 0 Å². The van der Waals surface area contributed by atoms with Crippen LogP contribution >= 0.6 is 0 Å². The van der Waals surface area contributed by atoms with Crippen molar-refractivity contribution >= 4 is 0 Å². The number of halogens is 1. The van der Waals surface area contributed by atoms with E-state index in [0.717, 1.165) is 6.42 Å². The van der Waals surface area contributed by atoms with Crippen LogP contribution in [0.3, 0.4) is 0 Å². The van der Waals surface area contributed by atoms with Crippen molar-refractivity contribution in [2.75, 3.05) is 7.11 Å². The second kappa shape index (κ2) is 5.96. The lowest BCUT2D eigenvalue weighted by Crippen LogP contribution is -1.82. The fourth-order valence-corrected chi connectivity index (χ4v) is 0.659. The normalized spacial score (nSPS) is 13.5. The minimum Gasteiger partial charge on any atom is -0.497 e. The zero-order chi connectivity index (χ0) is 8.69. The van der Waals surface area contributed by atoms with Gasteiger partial charge in [0.2, 0.25) is 0 Å². The Morgan fingerprint density at radius 3 is 2.45 bits per heavy atom. The fourth-order valence-electron chi connectivity index (χ4n) is 0.659. The molecule has 0 rings (SSSR count). The van der Waals surface area contributed by atoms with Gasteiger partial charge in [0.05, 0.1) is 7.11 Å². The molecule has 0 unspecified atom stereocenters. The monoisotopic (exact) mass is 158 g/mol.